The molecule has 3 aromatic heterocycles. The van der Waals surface area contributed by atoms with Crippen molar-refractivity contribution < 1.29 is 22.7 Å². The number of nitrogens with zero attached hydrogens (tertiary/aromatic N) is 5. The van der Waals surface area contributed by atoms with Crippen LogP contribution in [0.15, 0.2) is 41.3 Å². The molecular weight excluding hydrogens is 518 g/mol. The average Bonchev–Trinajstić information content (AvgIpc) is 3.81. The molecular formula is C26H23F4N7O2. The van der Waals surface area contributed by atoms with Crippen molar-refractivity contribution in [2.45, 2.75) is 56.0 Å². The summed E-state index contributed by atoms with van der Waals surface area (Å²) >= 11 is 0. The summed E-state index contributed by atoms with van der Waals surface area (Å²) in [5, 5.41) is 16.8. The number of hydrogen-bond acceptors (Lipinski definition) is 7. The first-order valence-corrected chi connectivity index (χ1v) is 12.6. The molecule has 4 heterocycles. The van der Waals surface area contributed by atoms with Crippen LogP contribution in [0.3, 0.4) is 0 Å². The summed E-state index contributed by atoms with van der Waals surface area (Å²) in [6, 6.07) is 8.13. The van der Waals surface area contributed by atoms with Gasteiger partial charge in [0, 0.05) is 30.4 Å². The largest absolute Gasteiger partial charge is 0.408 e. The fourth-order valence-electron chi connectivity index (χ4n) is 5.46. The van der Waals surface area contributed by atoms with Crippen LogP contribution in [0.2, 0.25) is 0 Å². The Balaban J connectivity index is 1.33. The molecule has 3 aliphatic rings. The number of aliphatic hydroxyl groups is 1. The van der Waals surface area contributed by atoms with Gasteiger partial charge in [0.15, 0.2) is 11.5 Å². The Morgan fingerprint density at radius 1 is 1.10 bits per heavy atom. The normalized spacial score (nSPS) is 18.8. The smallest absolute Gasteiger partial charge is 0.383 e. The predicted molar refractivity (Wildman–Crippen MR) is 132 cm³/mol. The summed E-state index contributed by atoms with van der Waals surface area (Å²) < 4.78 is 56.3. The molecule has 2 saturated carbocycles. The molecule has 3 N–H and O–H groups in total. The van der Waals surface area contributed by atoms with E-state index >= 15 is 0 Å². The third kappa shape index (κ3) is 4.07. The summed E-state index contributed by atoms with van der Waals surface area (Å²) in [5.74, 6) is -0.900. The number of benzene rings is 1. The number of pyridine rings is 1. The van der Waals surface area contributed by atoms with E-state index in [1.807, 2.05) is 12.1 Å². The van der Waals surface area contributed by atoms with Crippen LogP contribution in [-0.4, -0.2) is 42.1 Å². The minimum Gasteiger partial charge on any atom is -0.383 e. The average molecular weight is 542 g/mol. The van der Waals surface area contributed by atoms with E-state index in [0.29, 0.717) is 10.4 Å². The fraction of sp³-hybridized carbons (Fsp3) is 0.385. The summed E-state index contributed by atoms with van der Waals surface area (Å²) in [6.07, 6.45) is -0.747. The molecule has 1 spiro atoms. The Morgan fingerprint density at radius 2 is 1.90 bits per heavy atom. The lowest BCUT2D eigenvalue weighted by Gasteiger charge is -2.26. The van der Waals surface area contributed by atoms with E-state index in [1.54, 1.807) is 0 Å². The highest BCUT2D eigenvalue weighted by Gasteiger charge is 2.47. The van der Waals surface area contributed by atoms with Gasteiger partial charge in [0.25, 0.3) is 5.56 Å². The number of anilines is 2. The Hall–Kier alpha value is -3.84. The minimum atomic E-state index is -4.74. The van der Waals surface area contributed by atoms with Crippen LogP contribution in [0.4, 0.5) is 29.2 Å². The fourth-order valence-corrected chi connectivity index (χ4v) is 5.46. The van der Waals surface area contributed by atoms with Crippen molar-refractivity contribution in [3.05, 3.63) is 69.5 Å². The van der Waals surface area contributed by atoms with Crippen molar-refractivity contribution in [1.29, 1.82) is 0 Å². The topological polar surface area (TPSA) is 110 Å². The molecule has 7 rings (SSSR count). The molecule has 39 heavy (non-hydrogen) atoms. The van der Waals surface area contributed by atoms with E-state index in [0.717, 1.165) is 54.5 Å². The van der Waals surface area contributed by atoms with E-state index in [2.05, 4.69) is 31.7 Å². The zero-order valence-electron chi connectivity index (χ0n) is 20.5. The molecule has 4 aromatic rings. The molecule has 1 aliphatic heterocycles. The molecule has 0 amide bonds. The number of fused-ring (bicyclic) bond motifs is 3. The molecule has 9 nitrogen and oxygen atoms in total. The van der Waals surface area contributed by atoms with Gasteiger partial charge in [0.05, 0.1) is 0 Å². The number of alkyl halides is 3. The zero-order valence-corrected chi connectivity index (χ0v) is 20.5. The van der Waals surface area contributed by atoms with Gasteiger partial charge in [-0.05, 0) is 61.1 Å². The Morgan fingerprint density at radius 3 is 2.62 bits per heavy atom. The molecule has 0 atom stereocenters. The lowest BCUT2D eigenvalue weighted by Crippen LogP contribution is -2.33. The molecule has 13 heteroatoms. The molecule has 0 unspecified atom stereocenters. The minimum absolute atomic E-state index is 0.0634. The maximum absolute atomic E-state index is 14.5. The Labute approximate surface area is 218 Å². The molecule has 0 radical (unpaired) electrons. The second-order valence-corrected chi connectivity index (χ2v) is 10.6. The van der Waals surface area contributed by atoms with Gasteiger partial charge in [0.2, 0.25) is 5.95 Å². The van der Waals surface area contributed by atoms with Crippen LogP contribution in [-0.2, 0) is 24.1 Å². The number of hydrogen-bond donors (Lipinski definition) is 3. The monoisotopic (exact) mass is 541 g/mol. The maximum Gasteiger partial charge on any atom is 0.408 e. The number of aromatic nitrogens is 5. The third-order valence-electron chi connectivity index (χ3n) is 7.78. The number of rotatable bonds is 5. The second kappa shape index (κ2) is 8.09. The quantitative estimate of drug-likeness (QED) is 0.332. The van der Waals surface area contributed by atoms with Crippen LogP contribution < -0.4 is 16.2 Å². The summed E-state index contributed by atoms with van der Waals surface area (Å²) in [4.78, 5) is 25.7. The van der Waals surface area contributed by atoms with Crippen LogP contribution in [0, 0.1) is 5.82 Å². The third-order valence-corrected chi connectivity index (χ3v) is 7.78. The van der Waals surface area contributed by atoms with Crippen LogP contribution >= 0.6 is 0 Å². The van der Waals surface area contributed by atoms with Crippen LogP contribution in [0.25, 0.3) is 16.9 Å². The van der Waals surface area contributed by atoms with Crippen molar-refractivity contribution in [2.75, 3.05) is 11.9 Å². The summed E-state index contributed by atoms with van der Waals surface area (Å²) in [7, 11) is 0. The first-order chi connectivity index (χ1) is 18.6. The summed E-state index contributed by atoms with van der Waals surface area (Å²) in [5.41, 5.74) is 0.488. The van der Waals surface area contributed by atoms with Gasteiger partial charge < -0.3 is 15.7 Å². The molecule has 0 bridgehead atoms. The highest BCUT2D eigenvalue weighted by Crippen LogP contribution is 2.51. The van der Waals surface area contributed by atoms with E-state index in [1.165, 1.54) is 5.56 Å². The van der Waals surface area contributed by atoms with Crippen molar-refractivity contribution >= 4 is 22.7 Å². The summed E-state index contributed by atoms with van der Waals surface area (Å²) in [6.45, 7) is 0.0516. The lowest BCUT2D eigenvalue weighted by atomic mass is 9.88. The van der Waals surface area contributed by atoms with Crippen LogP contribution in [0.1, 0.15) is 42.5 Å². The van der Waals surface area contributed by atoms with Gasteiger partial charge in [-0.2, -0.15) is 18.2 Å². The Bertz CT molecular complexity index is 1700. The van der Waals surface area contributed by atoms with E-state index < -0.39 is 29.7 Å². The number of halogens is 4. The van der Waals surface area contributed by atoms with Gasteiger partial charge in [-0.1, -0.05) is 6.07 Å². The zero-order chi connectivity index (χ0) is 27.2. The molecule has 2 aliphatic carbocycles. The van der Waals surface area contributed by atoms with Gasteiger partial charge >= 0.3 is 6.18 Å². The van der Waals surface area contributed by atoms with Crippen molar-refractivity contribution in [3.8, 4) is 5.82 Å². The van der Waals surface area contributed by atoms with Gasteiger partial charge in [0.1, 0.15) is 29.0 Å². The van der Waals surface area contributed by atoms with E-state index in [-0.39, 0.29) is 46.8 Å². The van der Waals surface area contributed by atoms with Gasteiger partial charge in [-0.25, -0.2) is 23.7 Å². The second-order valence-electron chi connectivity index (χ2n) is 10.6. The van der Waals surface area contributed by atoms with Crippen LogP contribution in [0.5, 0.6) is 0 Å². The molecule has 0 saturated heterocycles. The van der Waals surface area contributed by atoms with Gasteiger partial charge in [-0.15, -0.1) is 0 Å². The molecule has 202 valence electrons. The van der Waals surface area contributed by atoms with Gasteiger partial charge in [-0.3, -0.25) is 4.79 Å². The van der Waals surface area contributed by atoms with Crippen molar-refractivity contribution in [3.63, 3.8) is 0 Å². The standard InChI is InChI=1S/C26H23F4N7O2/c27-18-3-4-19(34-20(18)25(39)7-8-25)37-21-16(22(38)36(37)13-26(28,29)30)11-32-23(35-21)33-15-1-2-17-14(9-15)10-31-12-24(17)5-6-24/h1-4,9,11,31,39H,5-8,10,12-13H2,(H,32,33,35). The van der Waals surface area contributed by atoms with Crippen molar-refractivity contribution in [1.82, 2.24) is 29.6 Å². The lowest BCUT2D eigenvalue weighted by molar-refractivity contribution is -0.144. The SMILES string of the molecule is O=c1c2cnc(Nc3ccc4c(c3)CNCC43CC3)nc2n(-c2ccc(F)c(C3(O)CC3)n2)n1CC(F)(F)F. The maximum atomic E-state index is 14.5. The highest BCUT2D eigenvalue weighted by atomic mass is 19.4. The highest BCUT2D eigenvalue weighted by molar-refractivity contribution is 5.77. The first kappa shape index (κ1) is 24.2. The molecule has 1 aromatic carbocycles. The van der Waals surface area contributed by atoms with E-state index in [4.69, 9.17) is 0 Å². The first-order valence-electron chi connectivity index (χ1n) is 12.6. The van der Waals surface area contributed by atoms with Crippen molar-refractivity contribution in [2.24, 2.45) is 0 Å². The van der Waals surface area contributed by atoms with E-state index in [9.17, 15) is 27.5 Å². The predicted octanol–water partition coefficient (Wildman–Crippen LogP) is 3.54. The number of nitrogens with one attached hydrogen (secondary N) is 2. The Kier molecular flexibility index (Phi) is 5.02. The molecule has 2 fully saturated rings.